The molecule has 5 heteroatoms. The molecule has 1 aliphatic rings. The number of ether oxygens (including phenoxy) is 1. The van der Waals surface area contributed by atoms with E-state index in [9.17, 15) is 13.6 Å². The molecule has 0 aromatic heterocycles. The lowest BCUT2D eigenvalue weighted by Crippen LogP contribution is -2.36. The fourth-order valence-electron chi connectivity index (χ4n) is 2.55. The number of alkyl halides is 2. The van der Waals surface area contributed by atoms with Crippen LogP contribution >= 0.6 is 0 Å². The Kier molecular flexibility index (Phi) is 6.11. The molecule has 1 aromatic rings. The average molecular weight is 297 g/mol. The molecule has 1 heterocycles. The van der Waals surface area contributed by atoms with Crippen LogP contribution in [0.5, 0.6) is 0 Å². The number of benzene rings is 1. The number of carbonyl (C=O) groups excluding carboxylic acids is 1. The molecule has 1 amide bonds. The summed E-state index contributed by atoms with van der Waals surface area (Å²) < 4.78 is 30.7. The van der Waals surface area contributed by atoms with E-state index in [1.807, 2.05) is 30.3 Å². The highest BCUT2D eigenvalue weighted by atomic mass is 19.3. The minimum atomic E-state index is -2.51. The lowest BCUT2D eigenvalue weighted by Gasteiger charge is -2.27. The number of halogens is 2. The average Bonchev–Trinajstić information content (AvgIpc) is 2.48. The van der Waals surface area contributed by atoms with Crippen LogP contribution in [0, 0.1) is 5.92 Å². The van der Waals surface area contributed by atoms with E-state index >= 15 is 0 Å². The van der Waals surface area contributed by atoms with Gasteiger partial charge in [-0.2, -0.15) is 0 Å². The summed E-state index contributed by atoms with van der Waals surface area (Å²) >= 11 is 0. The van der Waals surface area contributed by atoms with Gasteiger partial charge in [-0.25, -0.2) is 8.78 Å². The molecule has 0 unspecified atom stereocenters. The lowest BCUT2D eigenvalue weighted by molar-refractivity contribution is -0.135. The van der Waals surface area contributed by atoms with E-state index in [2.05, 4.69) is 0 Å². The van der Waals surface area contributed by atoms with Crippen LogP contribution in [0.3, 0.4) is 0 Å². The molecule has 116 valence electrons. The van der Waals surface area contributed by atoms with Gasteiger partial charge in [0, 0.05) is 26.2 Å². The second-order valence-electron chi connectivity index (χ2n) is 5.41. The molecule has 1 aromatic carbocycles. The molecule has 21 heavy (non-hydrogen) atoms. The van der Waals surface area contributed by atoms with Gasteiger partial charge in [0.25, 0.3) is 6.43 Å². The van der Waals surface area contributed by atoms with Gasteiger partial charge in [0.2, 0.25) is 5.91 Å². The van der Waals surface area contributed by atoms with Gasteiger partial charge in [0.1, 0.15) is 0 Å². The van der Waals surface area contributed by atoms with E-state index in [0.717, 1.165) is 18.4 Å². The van der Waals surface area contributed by atoms with Crippen molar-refractivity contribution in [1.82, 2.24) is 4.90 Å². The third-order valence-electron chi connectivity index (χ3n) is 3.73. The molecule has 1 fully saturated rings. The van der Waals surface area contributed by atoms with Crippen LogP contribution in [0.25, 0.3) is 0 Å². The molecule has 0 atom stereocenters. The minimum absolute atomic E-state index is 0.189. The predicted molar refractivity (Wildman–Crippen MR) is 76.0 cm³/mol. The summed E-state index contributed by atoms with van der Waals surface area (Å²) in [7, 11) is 0. The van der Waals surface area contributed by atoms with Crippen LogP contribution in [0.1, 0.15) is 24.8 Å². The van der Waals surface area contributed by atoms with Crippen molar-refractivity contribution in [3.63, 3.8) is 0 Å². The van der Waals surface area contributed by atoms with Crippen LogP contribution < -0.4 is 0 Å². The Morgan fingerprint density at radius 1 is 1.24 bits per heavy atom. The van der Waals surface area contributed by atoms with Gasteiger partial charge in [0.05, 0.1) is 6.54 Å². The Morgan fingerprint density at radius 3 is 2.52 bits per heavy atom. The summed E-state index contributed by atoms with van der Waals surface area (Å²) in [6.07, 6.45) is -0.505. The van der Waals surface area contributed by atoms with E-state index in [1.165, 1.54) is 4.90 Å². The molecule has 1 aliphatic heterocycles. The van der Waals surface area contributed by atoms with Crippen molar-refractivity contribution in [1.29, 1.82) is 0 Å². The first-order valence-electron chi connectivity index (χ1n) is 7.32. The summed E-state index contributed by atoms with van der Waals surface area (Å²) in [5, 5.41) is 0. The zero-order valence-electron chi connectivity index (χ0n) is 12.0. The molecule has 0 N–H and O–H groups in total. The summed E-state index contributed by atoms with van der Waals surface area (Å²) in [6.45, 7) is 1.06. The van der Waals surface area contributed by atoms with Gasteiger partial charge in [-0.3, -0.25) is 4.79 Å². The van der Waals surface area contributed by atoms with Gasteiger partial charge in [0.15, 0.2) is 0 Å². The number of carbonyl (C=O) groups is 1. The van der Waals surface area contributed by atoms with Crippen molar-refractivity contribution >= 4 is 5.91 Å². The molecule has 0 spiro atoms. The van der Waals surface area contributed by atoms with E-state index in [-0.39, 0.29) is 18.4 Å². The molecule has 0 aliphatic carbocycles. The highest BCUT2D eigenvalue weighted by molar-refractivity contribution is 5.76. The molecular weight excluding hydrogens is 276 g/mol. The Labute approximate surface area is 123 Å². The van der Waals surface area contributed by atoms with Gasteiger partial charge >= 0.3 is 0 Å². The van der Waals surface area contributed by atoms with Gasteiger partial charge in [-0.15, -0.1) is 0 Å². The van der Waals surface area contributed by atoms with Crippen LogP contribution in [-0.2, 0) is 16.1 Å². The maximum Gasteiger partial charge on any atom is 0.255 e. The normalized spacial score (nSPS) is 16.1. The van der Waals surface area contributed by atoms with Crippen molar-refractivity contribution in [3.8, 4) is 0 Å². The van der Waals surface area contributed by atoms with Crippen LogP contribution in [0.15, 0.2) is 30.3 Å². The van der Waals surface area contributed by atoms with E-state index < -0.39 is 13.0 Å². The number of nitrogens with zero attached hydrogens (tertiary/aromatic N) is 1. The molecule has 0 radical (unpaired) electrons. The van der Waals surface area contributed by atoms with Gasteiger partial charge < -0.3 is 9.64 Å². The highest BCUT2D eigenvalue weighted by Crippen LogP contribution is 2.20. The smallest absolute Gasteiger partial charge is 0.255 e. The van der Waals surface area contributed by atoms with Crippen molar-refractivity contribution in [3.05, 3.63) is 35.9 Å². The van der Waals surface area contributed by atoms with E-state index in [4.69, 9.17) is 4.74 Å². The first-order valence-corrected chi connectivity index (χ1v) is 7.32. The summed E-state index contributed by atoms with van der Waals surface area (Å²) in [5.41, 5.74) is 0.874. The topological polar surface area (TPSA) is 29.5 Å². The second kappa shape index (κ2) is 8.08. The number of rotatable bonds is 6. The lowest BCUT2D eigenvalue weighted by atomic mass is 9.96. The largest absolute Gasteiger partial charge is 0.381 e. The van der Waals surface area contributed by atoms with Crippen molar-refractivity contribution in [2.75, 3.05) is 19.8 Å². The van der Waals surface area contributed by atoms with Crippen LogP contribution in [0.4, 0.5) is 8.78 Å². The van der Waals surface area contributed by atoms with Crippen LogP contribution in [0.2, 0.25) is 0 Å². The highest BCUT2D eigenvalue weighted by Gasteiger charge is 2.23. The number of amides is 1. The Bertz CT molecular complexity index is 433. The first kappa shape index (κ1) is 15.9. The van der Waals surface area contributed by atoms with Crippen LogP contribution in [-0.4, -0.2) is 37.0 Å². The maximum absolute atomic E-state index is 12.7. The maximum atomic E-state index is 12.7. The van der Waals surface area contributed by atoms with Crippen molar-refractivity contribution in [2.24, 2.45) is 5.92 Å². The van der Waals surface area contributed by atoms with Crippen molar-refractivity contribution in [2.45, 2.75) is 32.2 Å². The quantitative estimate of drug-likeness (QED) is 0.807. The van der Waals surface area contributed by atoms with Crippen molar-refractivity contribution < 1.29 is 18.3 Å². The zero-order valence-corrected chi connectivity index (χ0v) is 12.0. The standard InChI is InChI=1S/C16H21F2NO2/c17-15(18)12-19(11-14-4-2-1-3-5-14)16(20)10-13-6-8-21-9-7-13/h1-5,13,15H,6-12H2. The molecule has 2 rings (SSSR count). The third-order valence-corrected chi connectivity index (χ3v) is 3.73. The second-order valence-corrected chi connectivity index (χ2v) is 5.41. The number of hydrogen-bond acceptors (Lipinski definition) is 2. The monoisotopic (exact) mass is 297 g/mol. The summed E-state index contributed by atoms with van der Waals surface area (Å²) in [4.78, 5) is 13.6. The van der Waals surface area contributed by atoms with E-state index in [1.54, 1.807) is 0 Å². The van der Waals surface area contributed by atoms with Gasteiger partial charge in [-0.05, 0) is 24.3 Å². The Hall–Kier alpha value is -1.49. The third kappa shape index (κ3) is 5.42. The minimum Gasteiger partial charge on any atom is -0.381 e. The fraction of sp³-hybridized carbons (Fsp3) is 0.562. The first-order chi connectivity index (χ1) is 10.1. The molecule has 3 nitrogen and oxygen atoms in total. The summed E-state index contributed by atoms with van der Waals surface area (Å²) in [6, 6.07) is 9.25. The molecule has 1 saturated heterocycles. The summed E-state index contributed by atoms with van der Waals surface area (Å²) in [5.74, 6) is 0.0632. The Morgan fingerprint density at radius 2 is 1.90 bits per heavy atom. The predicted octanol–water partition coefficient (Wildman–Crippen LogP) is 3.10. The van der Waals surface area contributed by atoms with Gasteiger partial charge in [-0.1, -0.05) is 30.3 Å². The molecule has 0 saturated carbocycles. The zero-order chi connectivity index (χ0) is 15.1. The number of hydrogen-bond donors (Lipinski definition) is 0. The SMILES string of the molecule is O=C(CC1CCOCC1)N(Cc1ccccc1)CC(F)F. The Balaban J connectivity index is 1.95. The molecule has 0 bridgehead atoms. The molecular formula is C16H21F2NO2. The van der Waals surface area contributed by atoms with E-state index in [0.29, 0.717) is 19.6 Å². The fourth-order valence-corrected chi connectivity index (χ4v) is 2.55.